The summed E-state index contributed by atoms with van der Waals surface area (Å²) in [6.45, 7) is 30.5. The van der Waals surface area contributed by atoms with Crippen LogP contribution in [-0.2, 0) is 4.79 Å². The molecule has 54 heavy (non-hydrogen) atoms. The lowest BCUT2D eigenvalue weighted by Gasteiger charge is -2.72. The van der Waals surface area contributed by atoms with Crippen LogP contribution < -0.4 is 5.32 Å². The van der Waals surface area contributed by atoms with Gasteiger partial charge in [-0.25, -0.2) is 4.39 Å². The van der Waals surface area contributed by atoms with E-state index in [0.717, 1.165) is 30.7 Å². The number of fused-ring (bicyclic) bond motifs is 7. The molecule has 4 nitrogen and oxygen atoms in total. The van der Waals surface area contributed by atoms with Crippen molar-refractivity contribution < 1.29 is 14.3 Å². The Labute approximate surface area is 337 Å². The van der Waals surface area contributed by atoms with E-state index in [1.54, 1.807) is 6.08 Å². The molecule has 1 heterocycles. The van der Waals surface area contributed by atoms with E-state index in [1.165, 1.54) is 100 Å². The van der Waals surface area contributed by atoms with Crippen molar-refractivity contribution in [3.8, 4) is 0 Å². The quantitative estimate of drug-likeness (QED) is 0.252. The molecule has 7 aliphatic rings. The predicted octanol–water partition coefficient (Wildman–Crippen LogP) is 12.8. The zero-order valence-corrected chi connectivity index (χ0v) is 36.8. The third-order valence-electron chi connectivity index (χ3n) is 16.6. The minimum Gasteiger partial charge on any atom is -0.481 e. The van der Waals surface area contributed by atoms with Gasteiger partial charge in [-0.2, -0.15) is 11.8 Å². The number of thioether (sulfide) groups is 1. The molecule has 0 aromatic rings. The maximum atomic E-state index is 13.9. The Morgan fingerprint density at radius 1 is 0.907 bits per heavy atom. The van der Waals surface area contributed by atoms with Gasteiger partial charge in [0.1, 0.15) is 6.67 Å². The van der Waals surface area contributed by atoms with Crippen LogP contribution in [0.3, 0.4) is 0 Å². The molecule has 7 unspecified atom stereocenters. The Kier molecular flexibility index (Phi) is 16.7. The number of rotatable bonds is 7. The number of nitrogens with zero attached hydrogens (tertiary/aromatic N) is 1. The van der Waals surface area contributed by atoms with E-state index in [1.807, 2.05) is 34.6 Å². The molecule has 0 aromatic carbocycles. The Morgan fingerprint density at radius 3 is 2.17 bits per heavy atom. The molecule has 0 bridgehead atoms. The maximum Gasteiger partial charge on any atom is 0.312 e. The second-order valence-electron chi connectivity index (χ2n) is 18.8. The summed E-state index contributed by atoms with van der Waals surface area (Å²) < 4.78 is 13.9. The average Bonchev–Trinajstić information content (AvgIpc) is 3.58. The molecule has 5 fully saturated rings. The standard InChI is InChI=1S/C40H63FN2O2S.C3H6.2C2H6.CH4/c1-35(2)29(28-10-17-39(27-41,18-11-28)34(44)45)12-15-36(3)32(35)13-16-38(5)33(36)9-8-30-31-7-6-14-40(31,20-19-37(30,38)4)42-21-22-43-23-25-46-26-24-43;1-3-2;2*1-2;/h10,12,30-33,42H,6-9,11,13-27H2,1-5H3,(H,44,45);3H,1H2,2H3;2*1-2H3;1H4/t30?,31-,32?,33?,36?,37-,38?,39?,40?;;;;/m1..../s1. The van der Waals surface area contributed by atoms with Gasteiger partial charge in [-0.15, -0.1) is 6.58 Å². The van der Waals surface area contributed by atoms with Gasteiger partial charge in [0.25, 0.3) is 0 Å². The monoisotopic (exact) mass is 773 g/mol. The molecule has 6 heteroatoms. The molecule has 1 aliphatic heterocycles. The van der Waals surface area contributed by atoms with Gasteiger partial charge in [-0.05, 0) is 140 Å². The summed E-state index contributed by atoms with van der Waals surface area (Å²) in [6.07, 6.45) is 21.3. The van der Waals surface area contributed by atoms with Gasteiger partial charge in [-0.1, -0.05) is 94.4 Å². The molecule has 7 rings (SSSR count). The van der Waals surface area contributed by atoms with Crippen molar-refractivity contribution in [3.63, 3.8) is 0 Å². The molecule has 1 saturated heterocycles. The van der Waals surface area contributed by atoms with E-state index >= 15 is 0 Å². The Hall–Kier alpha value is -1.11. The first-order chi connectivity index (χ1) is 25.3. The normalized spacial score (nSPS) is 40.6. The zero-order chi connectivity index (χ0) is 39.3. The lowest BCUT2D eigenvalue weighted by atomic mass is 9.33. The largest absolute Gasteiger partial charge is 0.481 e. The number of alkyl halides is 1. The summed E-state index contributed by atoms with van der Waals surface area (Å²) in [7, 11) is 0. The van der Waals surface area contributed by atoms with Crippen LogP contribution in [0.15, 0.2) is 36.0 Å². The fourth-order valence-corrected chi connectivity index (χ4v) is 14.8. The number of halogens is 1. The summed E-state index contributed by atoms with van der Waals surface area (Å²) in [5, 5.41) is 14.1. The van der Waals surface area contributed by atoms with Gasteiger partial charge >= 0.3 is 5.97 Å². The number of carboxylic acid groups (broad SMARTS) is 1. The summed E-state index contributed by atoms with van der Waals surface area (Å²) in [5.74, 6) is 4.65. The van der Waals surface area contributed by atoms with Crippen molar-refractivity contribution in [3.05, 3.63) is 36.0 Å². The van der Waals surface area contributed by atoms with E-state index in [0.29, 0.717) is 41.5 Å². The van der Waals surface area contributed by atoms with E-state index < -0.39 is 18.1 Å². The van der Waals surface area contributed by atoms with E-state index in [2.05, 4.69) is 75.3 Å². The first kappa shape index (κ1) is 47.3. The summed E-state index contributed by atoms with van der Waals surface area (Å²) in [4.78, 5) is 14.6. The molecule has 0 radical (unpaired) electrons. The molecule has 0 spiro atoms. The van der Waals surface area contributed by atoms with Crippen LogP contribution in [0.25, 0.3) is 0 Å². The first-order valence-corrected chi connectivity index (χ1v) is 23.2. The van der Waals surface area contributed by atoms with Crippen molar-refractivity contribution in [1.82, 2.24) is 10.2 Å². The van der Waals surface area contributed by atoms with E-state index in [9.17, 15) is 14.3 Å². The van der Waals surface area contributed by atoms with E-state index in [-0.39, 0.29) is 18.3 Å². The summed E-state index contributed by atoms with van der Waals surface area (Å²) in [6, 6.07) is 0. The lowest BCUT2D eigenvalue weighted by Crippen LogP contribution is -2.67. The van der Waals surface area contributed by atoms with Crippen molar-refractivity contribution in [1.29, 1.82) is 0 Å². The zero-order valence-electron chi connectivity index (χ0n) is 36.0. The minimum atomic E-state index is -1.23. The number of hydrogen-bond acceptors (Lipinski definition) is 4. The highest BCUT2D eigenvalue weighted by atomic mass is 32.2. The second kappa shape index (κ2) is 19.1. The molecule has 2 N–H and O–H groups in total. The highest BCUT2D eigenvalue weighted by Crippen LogP contribution is 2.76. The van der Waals surface area contributed by atoms with Crippen LogP contribution in [0.5, 0.6) is 0 Å². The second-order valence-corrected chi connectivity index (χ2v) is 20.0. The number of carboxylic acids is 1. The molecule has 0 amide bonds. The van der Waals surface area contributed by atoms with Gasteiger partial charge in [0.15, 0.2) is 0 Å². The van der Waals surface area contributed by atoms with Crippen molar-refractivity contribution in [2.75, 3.05) is 44.4 Å². The Bertz CT molecular complexity index is 1310. The van der Waals surface area contributed by atoms with E-state index in [4.69, 9.17) is 0 Å². The number of hydrogen-bond donors (Lipinski definition) is 2. The topological polar surface area (TPSA) is 52.6 Å². The molecule has 0 aromatic heterocycles. The van der Waals surface area contributed by atoms with Crippen LogP contribution in [0.2, 0.25) is 0 Å². The molecule has 4 saturated carbocycles. The molecule has 6 aliphatic carbocycles. The predicted molar refractivity (Wildman–Crippen MR) is 234 cm³/mol. The maximum absolute atomic E-state index is 13.9. The van der Waals surface area contributed by atoms with Crippen LogP contribution in [0.1, 0.15) is 160 Å². The first-order valence-electron chi connectivity index (χ1n) is 22.1. The SMILES string of the molecule is C.C=CC.CC.CC.CC1(C)C(C2=CCC(CF)(C(=O)O)CC2)=CCC2(C)C1CCC1(C)C2CCC2[C@H]3CCCC3(NCCN3CCSCC3)CC[C@]21C. The number of carbonyl (C=O) groups is 1. The average molecular weight is 773 g/mol. The highest BCUT2D eigenvalue weighted by Gasteiger charge is 2.69. The molecular formula is C48H85FN2O2S. The summed E-state index contributed by atoms with van der Waals surface area (Å²) in [5.41, 5.74) is 2.99. The van der Waals surface area contributed by atoms with Gasteiger partial charge in [0.2, 0.25) is 0 Å². The fourth-order valence-electron chi connectivity index (χ4n) is 13.8. The lowest BCUT2D eigenvalue weighted by molar-refractivity contribution is -0.218. The fraction of sp³-hybridized carbons (Fsp3) is 0.854. The number of aliphatic carboxylic acids is 1. The molecular weight excluding hydrogens is 688 g/mol. The van der Waals surface area contributed by atoms with Crippen LogP contribution >= 0.6 is 11.8 Å². The van der Waals surface area contributed by atoms with Gasteiger partial charge in [0, 0.05) is 43.2 Å². The van der Waals surface area contributed by atoms with Crippen LogP contribution in [0.4, 0.5) is 4.39 Å². The highest BCUT2D eigenvalue weighted by molar-refractivity contribution is 7.99. The van der Waals surface area contributed by atoms with Crippen LogP contribution in [-0.4, -0.2) is 65.9 Å². The van der Waals surface area contributed by atoms with Crippen molar-refractivity contribution in [2.45, 2.75) is 166 Å². The van der Waals surface area contributed by atoms with Gasteiger partial charge in [0.05, 0.1) is 5.41 Å². The minimum absolute atomic E-state index is 0. The third-order valence-corrected chi connectivity index (χ3v) is 17.6. The number of nitrogens with one attached hydrogen (secondary N) is 1. The van der Waals surface area contributed by atoms with Gasteiger partial charge in [-0.3, -0.25) is 4.79 Å². The van der Waals surface area contributed by atoms with Crippen molar-refractivity contribution >= 4 is 17.7 Å². The Balaban J connectivity index is 0.000000921. The number of allylic oxidation sites excluding steroid dienone is 5. The molecule has 9 atom stereocenters. The van der Waals surface area contributed by atoms with Gasteiger partial charge < -0.3 is 15.3 Å². The Morgan fingerprint density at radius 2 is 1.57 bits per heavy atom. The molecule has 312 valence electrons. The third kappa shape index (κ3) is 8.12. The van der Waals surface area contributed by atoms with Crippen LogP contribution in [0, 0.1) is 50.7 Å². The summed E-state index contributed by atoms with van der Waals surface area (Å²) >= 11 is 2.11. The van der Waals surface area contributed by atoms with Crippen molar-refractivity contribution in [2.24, 2.45) is 50.7 Å². The smallest absolute Gasteiger partial charge is 0.312 e.